The predicted molar refractivity (Wildman–Crippen MR) is 73.7 cm³/mol. The van der Waals surface area contributed by atoms with Gasteiger partial charge in [-0.1, -0.05) is 30.3 Å². The van der Waals surface area contributed by atoms with Crippen LogP contribution in [0.1, 0.15) is 31.2 Å². The van der Waals surface area contributed by atoms with E-state index in [0.717, 1.165) is 38.0 Å². The van der Waals surface area contributed by atoms with Crippen molar-refractivity contribution in [3.8, 4) is 6.07 Å². The summed E-state index contributed by atoms with van der Waals surface area (Å²) in [5, 5.41) is 13.1. The van der Waals surface area contributed by atoms with Gasteiger partial charge in [0.2, 0.25) is 0 Å². The van der Waals surface area contributed by atoms with E-state index in [0.29, 0.717) is 12.1 Å². The minimum Gasteiger partial charge on any atom is -0.380 e. The summed E-state index contributed by atoms with van der Waals surface area (Å²) in [5.41, 5.74) is 0.893. The van der Waals surface area contributed by atoms with Crippen LogP contribution >= 0.6 is 0 Å². The van der Waals surface area contributed by atoms with Crippen LogP contribution < -0.4 is 5.32 Å². The third kappa shape index (κ3) is 2.51. The highest BCUT2D eigenvalue weighted by Crippen LogP contribution is 2.43. The maximum absolute atomic E-state index is 9.51. The smallest absolute Gasteiger partial charge is 0.0852 e. The zero-order valence-electron chi connectivity index (χ0n) is 11.1. The fourth-order valence-electron chi connectivity index (χ4n) is 3.25. The van der Waals surface area contributed by atoms with Gasteiger partial charge in [0.05, 0.1) is 18.1 Å². The van der Waals surface area contributed by atoms with Gasteiger partial charge in [-0.15, -0.1) is 0 Å². The van der Waals surface area contributed by atoms with Crippen molar-refractivity contribution in [1.82, 2.24) is 5.32 Å². The summed E-state index contributed by atoms with van der Waals surface area (Å²) < 4.78 is 5.49. The molecule has 2 fully saturated rings. The van der Waals surface area contributed by atoms with Crippen molar-refractivity contribution in [3.05, 3.63) is 35.9 Å². The molecule has 1 atom stereocenters. The van der Waals surface area contributed by atoms with Crippen LogP contribution in [0.2, 0.25) is 0 Å². The number of nitrogens with one attached hydrogen (secondary N) is 1. The van der Waals surface area contributed by atoms with E-state index < -0.39 is 0 Å². The molecule has 0 radical (unpaired) electrons. The number of nitriles is 1. The molecule has 1 saturated carbocycles. The van der Waals surface area contributed by atoms with Crippen LogP contribution in [0.3, 0.4) is 0 Å². The first-order valence-corrected chi connectivity index (χ1v) is 7.13. The Labute approximate surface area is 114 Å². The first-order chi connectivity index (χ1) is 9.32. The molecule has 1 aliphatic carbocycles. The first-order valence-electron chi connectivity index (χ1n) is 7.13. The summed E-state index contributed by atoms with van der Waals surface area (Å²) >= 11 is 0. The number of benzene rings is 1. The van der Waals surface area contributed by atoms with Gasteiger partial charge in [0, 0.05) is 18.7 Å². The van der Waals surface area contributed by atoms with Crippen LogP contribution in [0.25, 0.3) is 0 Å². The molecule has 3 nitrogen and oxygen atoms in total. The van der Waals surface area contributed by atoms with Gasteiger partial charge in [0.15, 0.2) is 0 Å². The maximum Gasteiger partial charge on any atom is 0.0852 e. The highest BCUT2D eigenvalue weighted by molar-refractivity contribution is 5.36. The van der Waals surface area contributed by atoms with Crippen LogP contribution in [0.4, 0.5) is 0 Å². The zero-order valence-corrected chi connectivity index (χ0v) is 11.1. The lowest BCUT2D eigenvalue weighted by Gasteiger charge is -2.45. The van der Waals surface area contributed by atoms with Crippen molar-refractivity contribution in [1.29, 1.82) is 5.26 Å². The molecule has 19 heavy (non-hydrogen) atoms. The average molecular weight is 256 g/mol. The second kappa shape index (κ2) is 5.32. The summed E-state index contributed by atoms with van der Waals surface area (Å²) in [6.45, 7) is 1.72. The van der Waals surface area contributed by atoms with Gasteiger partial charge >= 0.3 is 0 Å². The van der Waals surface area contributed by atoms with E-state index in [2.05, 4.69) is 23.5 Å². The Hall–Kier alpha value is -1.37. The van der Waals surface area contributed by atoms with Gasteiger partial charge in [0.25, 0.3) is 0 Å². The Morgan fingerprint density at radius 1 is 1.21 bits per heavy atom. The number of ether oxygens (including phenoxy) is 1. The predicted octanol–water partition coefficient (Wildman–Crippen LogP) is 2.38. The lowest BCUT2D eigenvalue weighted by atomic mass is 9.62. The molecule has 0 bridgehead atoms. The molecule has 1 unspecified atom stereocenters. The Morgan fingerprint density at radius 2 is 2.00 bits per heavy atom. The first kappa shape index (κ1) is 12.7. The van der Waals surface area contributed by atoms with E-state index in [1.807, 2.05) is 18.2 Å². The van der Waals surface area contributed by atoms with E-state index in [1.54, 1.807) is 0 Å². The molecule has 2 aliphatic rings. The quantitative estimate of drug-likeness (QED) is 0.903. The van der Waals surface area contributed by atoms with Crippen LogP contribution in [0.15, 0.2) is 30.3 Å². The number of rotatable bonds is 3. The third-order valence-corrected chi connectivity index (χ3v) is 4.36. The third-order valence-electron chi connectivity index (χ3n) is 4.36. The summed E-state index contributed by atoms with van der Waals surface area (Å²) in [6.07, 6.45) is 4.18. The van der Waals surface area contributed by atoms with Crippen molar-refractivity contribution in [2.45, 2.75) is 43.2 Å². The second-order valence-electron chi connectivity index (χ2n) is 5.75. The minimum absolute atomic E-state index is 0.269. The molecule has 1 aromatic carbocycles. The molecular weight excluding hydrogens is 236 g/mol. The van der Waals surface area contributed by atoms with E-state index in [9.17, 15) is 5.26 Å². The van der Waals surface area contributed by atoms with E-state index >= 15 is 0 Å². The van der Waals surface area contributed by atoms with Gasteiger partial charge in [-0.2, -0.15) is 5.26 Å². The van der Waals surface area contributed by atoms with Crippen LogP contribution in [0.5, 0.6) is 0 Å². The molecular formula is C16H20N2O. The average Bonchev–Trinajstić information content (AvgIpc) is 2.44. The van der Waals surface area contributed by atoms with Crippen molar-refractivity contribution < 1.29 is 4.74 Å². The second-order valence-corrected chi connectivity index (χ2v) is 5.75. The summed E-state index contributed by atoms with van der Waals surface area (Å²) in [7, 11) is 0. The van der Waals surface area contributed by atoms with Crippen molar-refractivity contribution in [3.63, 3.8) is 0 Å². The summed E-state index contributed by atoms with van der Waals surface area (Å²) in [5.74, 6) is 0. The maximum atomic E-state index is 9.51. The van der Waals surface area contributed by atoms with Crippen LogP contribution in [-0.2, 0) is 10.2 Å². The fraction of sp³-hybridized carbons (Fsp3) is 0.562. The number of nitrogens with zero attached hydrogens (tertiary/aromatic N) is 1. The molecule has 0 spiro atoms. The summed E-state index contributed by atoms with van der Waals surface area (Å²) in [6, 6.07) is 13.7. The Kier molecular flexibility index (Phi) is 3.54. The molecule has 3 rings (SSSR count). The van der Waals surface area contributed by atoms with Gasteiger partial charge in [-0.3, -0.25) is 0 Å². The molecule has 3 heteroatoms. The van der Waals surface area contributed by atoms with E-state index in [4.69, 9.17) is 4.74 Å². The van der Waals surface area contributed by atoms with Gasteiger partial charge in [-0.25, -0.2) is 0 Å². The summed E-state index contributed by atoms with van der Waals surface area (Å²) in [4.78, 5) is 0. The number of hydrogen-bond acceptors (Lipinski definition) is 3. The monoisotopic (exact) mass is 256 g/mol. The van der Waals surface area contributed by atoms with Crippen LogP contribution in [-0.4, -0.2) is 25.3 Å². The zero-order chi connectivity index (χ0) is 13.1. The largest absolute Gasteiger partial charge is 0.380 e. The van der Waals surface area contributed by atoms with Crippen LogP contribution in [0, 0.1) is 11.3 Å². The highest BCUT2D eigenvalue weighted by atomic mass is 16.5. The van der Waals surface area contributed by atoms with Gasteiger partial charge < -0.3 is 10.1 Å². The van der Waals surface area contributed by atoms with Crippen molar-refractivity contribution >= 4 is 0 Å². The molecule has 1 heterocycles. The Balaban J connectivity index is 1.59. The molecule has 1 aromatic rings. The lowest BCUT2D eigenvalue weighted by molar-refractivity contribution is 0.0565. The van der Waals surface area contributed by atoms with Crippen molar-refractivity contribution in [2.75, 3.05) is 13.2 Å². The molecule has 100 valence electrons. The van der Waals surface area contributed by atoms with Gasteiger partial charge in [-0.05, 0) is 31.2 Å². The molecule has 0 aromatic heterocycles. The topological polar surface area (TPSA) is 45.0 Å². The molecule has 1 N–H and O–H groups in total. The van der Waals surface area contributed by atoms with Crippen molar-refractivity contribution in [2.24, 2.45) is 0 Å². The molecule has 1 saturated heterocycles. The standard InChI is InChI=1S/C16H20N2O/c17-12-16(13-5-2-1-3-6-13)9-15(10-16)18-14-7-4-8-19-11-14/h1-3,5-6,14-15,18H,4,7-11H2. The highest BCUT2D eigenvalue weighted by Gasteiger charge is 2.46. The normalized spacial score (nSPS) is 34.3. The van der Waals surface area contributed by atoms with E-state index in [-0.39, 0.29) is 5.41 Å². The minimum atomic E-state index is -0.269. The Morgan fingerprint density at radius 3 is 2.63 bits per heavy atom. The fourth-order valence-corrected chi connectivity index (χ4v) is 3.25. The Bertz CT molecular complexity index is 453. The SMILES string of the molecule is N#CC1(c2ccccc2)CC(NC2CCCOC2)C1. The number of hydrogen-bond donors (Lipinski definition) is 1. The van der Waals surface area contributed by atoms with E-state index in [1.165, 1.54) is 6.42 Å². The molecule has 0 amide bonds. The van der Waals surface area contributed by atoms with Gasteiger partial charge in [0.1, 0.15) is 0 Å². The lowest BCUT2D eigenvalue weighted by Crippen LogP contribution is -2.55. The molecule has 1 aliphatic heterocycles.